The molecule has 0 aromatic heterocycles. The summed E-state index contributed by atoms with van der Waals surface area (Å²) in [6.07, 6.45) is 1.59. The summed E-state index contributed by atoms with van der Waals surface area (Å²) in [5, 5.41) is 0. The molecule has 0 spiro atoms. The molecule has 0 aliphatic rings. The van der Waals surface area contributed by atoms with Gasteiger partial charge >= 0.3 is 0 Å². The van der Waals surface area contributed by atoms with Gasteiger partial charge in [0.2, 0.25) is 5.91 Å². The highest BCUT2D eigenvalue weighted by Gasteiger charge is 2.34. The first-order valence-corrected chi connectivity index (χ1v) is 13.9. The lowest BCUT2D eigenvalue weighted by molar-refractivity contribution is -0.142. The van der Waals surface area contributed by atoms with Gasteiger partial charge in [-0.25, -0.2) is 0 Å². The van der Waals surface area contributed by atoms with Gasteiger partial charge in [-0.2, -0.15) is 0 Å². The number of carbonyl (C=O) groups is 4. The Morgan fingerprint density at radius 1 is 0.622 bits per heavy atom. The van der Waals surface area contributed by atoms with Crippen LogP contribution in [0.25, 0.3) is 0 Å². The molecule has 0 saturated carbocycles. The van der Waals surface area contributed by atoms with Gasteiger partial charge in [-0.1, -0.05) is 55.4 Å². The molecule has 0 heterocycles. The summed E-state index contributed by atoms with van der Waals surface area (Å²) in [4.78, 5) is 51.6. The third kappa shape index (κ3) is 14.8. The van der Waals surface area contributed by atoms with Gasteiger partial charge in [0.05, 0.1) is 45.5 Å². The molecule has 37 heavy (non-hydrogen) atoms. The van der Waals surface area contributed by atoms with Crippen LogP contribution in [-0.2, 0) is 33.4 Å². The second kappa shape index (κ2) is 19.4. The van der Waals surface area contributed by atoms with Crippen molar-refractivity contribution in [3.63, 3.8) is 0 Å². The molecular formula is C29H53NO7. The fourth-order valence-corrected chi connectivity index (χ4v) is 4.14. The third-order valence-electron chi connectivity index (χ3n) is 6.49. The molecule has 0 unspecified atom stereocenters. The summed E-state index contributed by atoms with van der Waals surface area (Å²) in [5.41, 5.74) is 0. The molecule has 8 nitrogen and oxygen atoms in total. The molecule has 216 valence electrons. The van der Waals surface area contributed by atoms with Crippen LogP contribution >= 0.6 is 0 Å². The Bertz CT molecular complexity index is 688. The lowest BCUT2D eigenvalue weighted by Crippen LogP contribution is -2.47. The Morgan fingerprint density at radius 2 is 1.14 bits per heavy atom. The topological polar surface area (TPSA) is 99.2 Å². The largest absolute Gasteiger partial charge is 0.379 e. The molecule has 0 saturated heterocycles. The molecule has 0 aromatic carbocycles. The van der Waals surface area contributed by atoms with E-state index in [0.29, 0.717) is 39.5 Å². The van der Waals surface area contributed by atoms with E-state index >= 15 is 0 Å². The van der Waals surface area contributed by atoms with E-state index < -0.39 is 6.04 Å². The van der Waals surface area contributed by atoms with Crippen molar-refractivity contribution >= 4 is 23.3 Å². The fourth-order valence-electron chi connectivity index (χ4n) is 4.14. The first kappa shape index (κ1) is 35.4. The molecule has 0 N–H and O–H groups in total. The zero-order valence-corrected chi connectivity index (χ0v) is 24.8. The van der Waals surface area contributed by atoms with Gasteiger partial charge < -0.3 is 19.1 Å². The number of rotatable bonds is 22. The minimum Gasteiger partial charge on any atom is -0.379 e. The summed E-state index contributed by atoms with van der Waals surface area (Å²) in [6, 6.07) is -0.569. The second-order valence-electron chi connectivity index (χ2n) is 11.1. The van der Waals surface area contributed by atoms with Crippen LogP contribution in [-0.4, -0.2) is 80.9 Å². The van der Waals surface area contributed by atoms with Crippen molar-refractivity contribution in [1.82, 2.24) is 4.90 Å². The lowest BCUT2D eigenvalue weighted by atomic mass is 9.80. The van der Waals surface area contributed by atoms with E-state index in [4.69, 9.17) is 14.2 Å². The van der Waals surface area contributed by atoms with Crippen LogP contribution in [0, 0.1) is 29.6 Å². The standard InChI is InChI=1S/C29H53NO7/c1-20(2)24(29(34)23(7)8)19-26(32)28(22(5)6)30(9)27(33)12-14-36-16-18-37-17-15-35-13-10-11-25(31)21(3)4/h20-24,28H,10-19H2,1-9H3/t24-,28-/m0/s1. The molecular weight excluding hydrogens is 474 g/mol. The average Bonchev–Trinajstić information content (AvgIpc) is 2.81. The quantitative estimate of drug-likeness (QED) is 0.193. The second-order valence-corrected chi connectivity index (χ2v) is 11.1. The predicted octanol–water partition coefficient (Wildman–Crippen LogP) is 4.37. The van der Waals surface area contributed by atoms with Crippen LogP contribution in [0.4, 0.5) is 0 Å². The van der Waals surface area contributed by atoms with Gasteiger partial charge in [0, 0.05) is 44.2 Å². The first-order valence-electron chi connectivity index (χ1n) is 13.9. The molecule has 2 atom stereocenters. The fraction of sp³-hybridized carbons (Fsp3) is 0.862. The molecule has 8 heteroatoms. The highest BCUT2D eigenvalue weighted by molar-refractivity contribution is 5.93. The van der Waals surface area contributed by atoms with Crippen molar-refractivity contribution in [3.8, 4) is 0 Å². The number of ether oxygens (including phenoxy) is 3. The van der Waals surface area contributed by atoms with Gasteiger partial charge in [0.1, 0.15) is 11.6 Å². The highest BCUT2D eigenvalue weighted by atomic mass is 16.5. The number of hydrogen-bond acceptors (Lipinski definition) is 7. The normalized spacial score (nSPS) is 13.4. The van der Waals surface area contributed by atoms with Crippen molar-refractivity contribution in [3.05, 3.63) is 0 Å². The summed E-state index contributed by atoms with van der Waals surface area (Å²) >= 11 is 0. The zero-order valence-electron chi connectivity index (χ0n) is 24.8. The molecule has 0 rings (SSSR count). The molecule has 0 aliphatic carbocycles. The van der Waals surface area contributed by atoms with Crippen molar-refractivity contribution < 1.29 is 33.4 Å². The Balaban J connectivity index is 4.29. The van der Waals surface area contributed by atoms with E-state index in [-0.39, 0.29) is 72.3 Å². The number of nitrogens with zero attached hydrogens (tertiary/aromatic N) is 1. The maximum atomic E-state index is 13.2. The van der Waals surface area contributed by atoms with Crippen LogP contribution in [0.1, 0.15) is 81.1 Å². The van der Waals surface area contributed by atoms with Gasteiger partial charge in [-0.15, -0.1) is 0 Å². The van der Waals surface area contributed by atoms with Crippen molar-refractivity contribution in [2.45, 2.75) is 87.1 Å². The van der Waals surface area contributed by atoms with Gasteiger partial charge in [0.15, 0.2) is 5.78 Å². The van der Waals surface area contributed by atoms with Crippen LogP contribution in [0.5, 0.6) is 0 Å². The molecule has 0 fully saturated rings. The van der Waals surface area contributed by atoms with E-state index in [1.807, 2.05) is 55.4 Å². The van der Waals surface area contributed by atoms with Gasteiger partial charge in [0.25, 0.3) is 0 Å². The minimum atomic E-state index is -0.569. The van der Waals surface area contributed by atoms with E-state index in [0.717, 1.165) is 6.42 Å². The first-order chi connectivity index (χ1) is 17.3. The zero-order chi connectivity index (χ0) is 28.5. The summed E-state index contributed by atoms with van der Waals surface area (Å²) in [5.74, 6) is -0.258. The average molecular weight is 528 g/mol. The van der Waals surface area contributed by atoms with Crippen molar-refractivity contribution in [2.24, 2.45) is 29.6 Å². The molecule has 0 radical (unpaired) electrons. The van der Waals surface area contributed by atoms with Crippen molar-refractivity contribution in [1.29, 1.82) is 0 Å². The third-order valence-corrected chi connectivity index (χ3v) is 6.49. The molecule has 1 amide bonds. The SMILES string of the molecule is CC(C)C(=O)CCCOCCOCCOCCC(=O)N(C)[C@H](C(=O)C[C@H](C(=O)C(C)C)C(C)C)C(C)C. The van der Waals surface area contributed by atoms with Crippen LogP contribution < -0.4 is 0 Å². The smallest absolute Gasteiger partial charge is 0.225 e. The summed E-state index contributed by atoms with van der Waals surface area (Å²) in [6.45, 7) is 17.7. The van der Waals surface area contributed by atoms with E-state index in [1.165, 1.54) is 4.90 Å². The molecule has 0 aliphatic heterocycles. The highest BCUT2D eigenvalue weighted by Crippen LogP contribution is 2.24. The van der Waals surface area contributed by atoms with E-state index in [1.54, 1.807) is 7.05 Å². The summed E-state index contributed by atoms with van der Waals surface area (Å²) in [7, 11) is 1.65. The maximum Gasteiger partial charge on any atom is 0.225 e. The van der Waals surface area contributed by atoms with Crippen LogP contribution in [0.15, 0.2) is 0 Å². The van der Waals surface area contributed by atoms with Crippen molar-refractivity contribution in [2.75, 3.05) is 46.7 Å². The van der Waals surface area contributed by atoms with E-state index in [2.05, 4.69) is 0 Å². The monoisotopic (exact) mass is 527 g/mol. The number of amides is 1. The van der Waals surface area contributed by atoms with Crippen LogP contribution in [0.2, 0.25) is 0 Å². The molecule has 0 aromatic rings. The number of likely N-dealkylation sites (N-methyl/N-ethyl adjacent to an activating group) is 1. The molecule has 0 bridgehead atoms. The van der Waals surface area contributed by atoms with Gasteiger partial charge in [-0.05, 0) is 18.3 Å². The lowest BCUT2D eigenvalue weighted by Gasteiger charge is -2.32. The Morgan fingerprint density at radius 3 is 1.59 bits per heavy atom. The Kier molecular flexibility index (Phi) is 18.6. The predicted molar refractivity (Wildman–Crippen MR) is 145 cm³/mol. The minimum absolute atomic E-state index is 0.0596. The Hall–Kier alpha value is -1.64. The maximum absolute atomic E-state index is 13.2. The summed E-state index contributed by atoms with van der Waals surface area (Å²) < 4.78 is 16.4. The number of hydrogen-bond donors (Lipinski definition) is 0. The number of ketones is 3. The van der Waals surface area contributed by atoms with Crippen LogP contribution in [0.3, 0.4) is 0 Å². The van der Waals surface area contributed by atoms with E-state index in [9.17, 15) is 19.2 Å². The van der Waals surface area contributed by atoms with Gasteiger partial charge in [-0.3, -0.25) is 19.2 Å². The number of carbonyl (C=O) groups excluding carboxylic acids is 4. The number of Topliss-reactive ketones (excluding diaryl/α,β-unsaturated/α-hetero) is 3. The Labute approximate surface area is 225 Å².